The molecule has 0 aliphatic heterocycles. The second-order valence-electron chi connectivity index (χ2n) is 8.83. The van der Waals surface area contributed by atoms with Gasteiger partial charge in [-0.15, -0.1) is 11.8 Å². The lowest BCUT2D eigenvalue weighted by Crippen LogP contribution is -1.92. The SMILES string of the molecule is C(SC=C1c2ccccc2CCc2ccccc21)=C1c2ccccc2CCc2ccccc21. The van der Waals surface area contributed by atoms with Crippen molar-refractivity contribution < 1.29 is 0 Å². The van der Waals surface area contributed by atoms with Crippen LogP contribution in [-0.2, 0) is 25.7 Å². The van der Waals surface area contributed by atoms with E-state index in [2.05, 4.69) is 108 Å². The Labute approximate surface area is 200 Å². The molecule has 0 bridgehead atoms. The minimum atomic E-state index is 1.09. The number of thioether (sulfide) groups is 1. The van der Waals surface area contributed by atoms with Gasteiger partial charge in [-0.25, -0.2) is 0 Å². The summed E-state index contributed by atoms with van der Waals surface area (Å²) in [5.74, 6) is 0. The van der Waals surface area contributed by atoms with Crippen molar-refractivity contribution in [1.82, 2.24) is 0 Å². The van der Waals surface area contributed by atoms with E-state index < -0.39 is 0 Å². The molecule has 4 aromatic carbocycles. The smallest absolute Gasteiger partial charge is 0.00394 e. The Bertz CT molecular complexity index is 1180. The summed E-state index contributed by atoms with van der Waals surface area (Å²) in [5, 5.41) is 4.73. The maximum absolute atomic E-state index is 2.37. The maximum atomic E-state index is 2.37. The van der Waals surface area contributed by atoms with E-state index in [9.17, 15) is 0 Å². The third-order valence-electron chi connectivity index (χ3n) is 6.93. The Hall–Kier alpha value is -3.29. The molecule has 0 aromatic heterocycles. The number of aryl methyl sites for hydroxylation is 4. The van der Waals surface area contributed by atoms with Crippen molar-refractivity contribution in [3.05, 3.63) is 152 Å². The zero-order valence-corrected chi connectivity index (χ0v) is 19.4. The van der Waals surface area contributed by atoms with E-state index in [-0.39, 0.29) is 0 Å². The van der Waals surface area contributed by atoms with Crippen molar-refractivity contribution in [1.29, 1.82) is 0 Å². The number of benzene rings is 4. The second-order valence-corrected chi connectivity index (χ2v) is 9.57. The lowest BCUT2D eigenvalue weighted by atomic mass is 9.95. The Kier molecular flexibility index (Phi) is 5.49. The minimum absolute atomic E-state index is 1.09. The van der Waals surface area contributed by atoms with Gasteiger partial charge in [0.05, 0.1) is 0 Å². The molecule has 0 spiro atoms. The normalized spacial score (nSPS) is 14.2. The van der Waals surface area contributed by atoms with Crippen molar-refractivity contribution in [2.75, 3.05) is 0 Å². The largest absolute Gasteiger partial charge is 0.105 e. The van der Waals surface area contributed by atoms with E-state index in [0.717, 1.165) is 25.7 Å². The average Bonchev–Trinajstić information content (AvgIpc) is 3.13. The second kappa shape index (κ2) is 8.92. The standard InChI is InChI=1S/C32H26S/c1-5-13-27-23(9-1)17-18-24-10-2-6-14-28(24)31(27)21-33-22-32-29-15-7-3-11-25(29)19-20-26-12-4-8-16-30(26)32/h1-16,21-22H,17-20H2. The van der Waals surface area contributed by atoms with Crippen LogP contribution in [0, 0.1) is 0 Å². The Morgan fingerprint density at radius 3 is 0.970 bits per heavy atom. The Morgan fingerprint density at radius 1 is 0.394 bits per heavy atom. The molecule has 0 saturated heterocycles. The fourth-order valence-electron chi connectivity index (χ4n) is 5.26. The summed E-state index contributed by atoms with van der Waals surface area (Å²) in [6, 6.07) is 35.6. The molecule has 0 nitrogen and oxygen atoms in total. The van der Waals surface area contributed by atoms with Crippen molar-refractivity contribution in [3.63, 3.8) is 0 Å². The zero-order valence-electron chi connectivity index (χ0n) is 18.6. The van der Waals surface area contributed by atoms with Crippen LogP contribution in [0.2, 0.25) is 0 Å². The Morgan fingerprint density at radius 2 is 0.667 bits per heavy atom. The minimum Gasteiger partial charge on any atom is -0.105 e. The average molecular weight is 443 g/mol. The third kappa shape index (κ3) is 3.87. The highest BCUT2D eigenvalue weighted by molar-refractivity contribution is 8.05. The molecule has 0 N–H and O–H groups in total. The van der Waals surface area contributed by atoms with E-state index in [1.807, 2.05) is 11.8 Å². The summed E-state index contributed by atoms with van der Waals surface area (Å²) in [6.45, 7) is 0. The maximum Gasteiger partial charge on any atom is -0.00394 e. The lowest BCUT2D eigenvalue weighted by molar-refractivity contribution is 0.965. The number of rotatable bonds is 2. The number of hydrogen-bond donors (Lipinski definition) is 0. The molecule has 2 aliphatic rings. The van der Waals surface area contributed by atoms with Crippen molar-refractivity contribution in [2.24, 2.45) is 0 Å². The monoisotopic (exact) mass is 442 g/mol. The summed E-state index contributed by atoms with van der Waals surface area (Å²) in [6.07, 6.45) is 4.38. The highest BCUT2D eigenvalue weighted by atomic mass is 32.2. The molecule has 0 fully saturated rings. The van der Waals surface area contributed by atoms with Crippen LogP contribution in [0.25, 0.3) is 11.1 Å². The summed E-state index contributed by atoms with van der Waals surface area (Å²) >= 11 is 1.82. The van der Waals surface area contributed by atoms with E-state index >= 15 is 0 Å². The fourth-order valence-corrected chi connectivity index (χ4v) is 6.11. The summed E-state index contributed by atoms with van der Waals surface area (Å²) in [4.78, 5) is 0. The van der Waals surface area contributed by atoms with Gasteiger partial charge in [-0.3, -0.25) is 0 Å². The molecule has 6 rings (SSSR count). The molecule has 0 saturated carbocycles. The molecular weight excluding hydrogens is 416 g/mol. The quantitative estimate of drug-likeness (QED) is 0.302. The molecular formula is C32H26S. The third-order valence-corrected chi connectivity index (χ3v) is 7.67. The van der Waals surface area contributed by atoms with Crippen LogP contribution in [0.4, 0.5) is 0 Å². The van der Waals surface area contributed by atoms with Crippen LogP contribution in [0.15, 0.2) is 108 Å². The molecule has 0 heterocycles. The van der Waals surface area contributed by atoms with Gasteiger partial charge in [-0.1, -0.05) is 97.1 Å². The first-order valence-corrected chi connectivity index (χ1v) is 12.7. The predicted octanol–water partition coefficient (Wildman–Crippen LogP) is 8.10. The van der Waals surface area contributed by atoms with E-state index in [1.165, 1.54) is 55.7 Å². The van der Waals surface area contributed by atoms with E-state index in [1.54, 1.807) is 0 Å². The fraction of sp³-hybridized carbons (Fsp3) is 0.125. The van der Waals surface area contributed by atoms with Gasteiger partial charge in [-0.2, -0.15) is 0 Å². The first-order valence-electron chi connectivity index (χ1n) is 11.8. The zero-order chi connectivity index (χ0) is 22.0. The molecule has 0 unspecified atom stereocenters. The van der Waals surface area contributed by atoms with Crippen LogP contribution in [0.3, 0.4) is 0 Å². The van der Waals surface area contributed by atoms with Gasteiger partial charge in [0, 0.05) is 0 Å². The summed E-state index contributed by atoms with van der Waals surface area (Å²) in [5.41, 5.74) is 13.9. The topological polar surface area (TPSA) is 0 Å². The van der Waals surface area contributed by atoms with Crippen LogP contribution >= 0.6 is 11.8 Å². The molecule has 160 valence electrons. The van der Waals surface area contributed by atoms with Gasteiger partial charge in [-0.05, 0) is 92.2 Å². The molecule has 0 radical (unpaired) electrons. The molecule has 33 heavy (non-hydrogen) atoms. The van der Waals surface area contributed by atoms with Gasteiger partial charge >= 0.3 is 0 Å². The van der Waals surface area contributed by atoms with Crippen LogP contribution in [0.5, 0.6) is 0 Å². The highest BCUT2D eigenvalue weighted by Crippen LogP contribution is 2.38. The van der Waals surface area contributed by atoms with Crippen molar-refractivity contribution in [2.45, 2.75) is 25.7 Å². The molecule has 4 aromatic rings. The molecule has 0 amide bonds. The summed E-state index contributed by atoms with van der Waals surface area (Å²) in [7, 11) is 0. The highest BCUT2D eigenvalue weighted by Gasteiger charge is 2.19. The van der Waals surface area contributed by atoms with Crippen molar-refractivity contribution >= 4 is 22.9 Å². The number of hydrogen-bond acceptors (Lipinski definition) is 1. The van der Waals surface area contributed by atoms with Gasteiger partial charge < -0.3 is 0 Å². The first kappa shape index (κ1) is 20.3. The first-order chi connectivity index (χ1) is 16.4. The van der Waals surface area contributed by atoms with Crippen LogP contribution in [-0.4, -0.2) is 0 Å². The molecule has 1 heteroatoms. The predicted molar refractivity (Wildman–Crippen MR) is 142 cm³/mol. The van der Waals surface area contributed by atoms with Gasteiger partial charge in [0.1, 0.15) is 0 Å². The van der Waals surface area contributed by atoms with E-state index in [0.29, 0.717) is 0 Å². The Balaban J connectivity index is 1.47. The van der Waals surface area contributed by atoms with Crippen molar-refractivity contribution in [3.8, 4) is 0 Å². The molecule has 0 atom stereocenters. The van der Waals surface area contributed by atoms with Gasteiger partial charge in [0.15, 0.2) is 0 Å². The van der Waals surface area contributed by atoms with Crippen LogP contribution in [0.1, 0.15) is 44.5 Å². The number of fused-ring (bicyclic) bond motifs is 4. The lowest BCUT2D eigenvalue weighted by Gasteiger charge is -2.13. The van der Waals surface area contributed by atoms with Gasteiger partial charge in [0.25, 0.3) is 0 Å². The van der Waals surface area contributed by atoms with Gasteiger partial charge in [0.2, 0.25) is 0 Å². The van der Waals surface area contributed by atoms with Crippen LogP contribution < -0.4 is 0 Å². The van der Waals surface area contributed by atoms with E-state index in [4.69, 9.17) is 0 Å². The molecule has 2 aliphatic carbocycles. The summed E-state index contributed by atoms with van der Waals surface area (Å²) < 4.78 is 0.